The Morgan fingerprint density at radius 1 is 1.30 bits per heavy atom. The molecule has 3 heterocycles. The molecule has 1 saturated carbocycles. The summed E-state index contributed by atoms with van der Waals surface area (Å²) >= 11 is 0. The molecule has 0 saturated heterocycles. The molecule has 2 aliphatic heterocycles. The molecule has 0 atom stereocenters. The SMILES string of the molecule is O=C(O)C1=CN2C(=CC1)c1ncccc1OCC21CCCCC1. The average molecular weight is 312 g/mol. The van der Waals surface area contributed by atoms with Crippen molar-refractivity contribution in [2.24, 2.45) is 0 Å². The maximum Gasteiger partial charge on any atom is 0.333 e. The Kier molecular flexibility index (Phi) is 3.36. The minimum absolute atomic E-state index is 0.161. The van der Waals surface area contributed by atoms with E-state index in [0.717, 1.165) is 42.8 Å². The topological polar surface area (TPSA) is 62.7 Å². The molecule has 0 unspecified atom stereocenters. The van der Waals surface area contributed by atoms with E-state index in [1.165, 1.54) is 6.42 Å². The number of carboxylic acids is 1. The lowest BCUT2D eigenvalue weighted by Gasteiger charge is -2.46. The van der Waals surface area contributed by atoms with Crippen molar-refractivity contribution >= 4 is 11.7 Å². The van der Waals surface area contributed by atoms with Crippen LogP contribution in [-0.2, 0) is 4.79 Å². The largest absolute Gasteiger partial charge is 0.489 e. The standard InChI is InChI=1S/C18H20N2O3/c21-17(22)13-6-7-14-16-15(5-4-10-19-16)23-12-18(20(14)11-13)8-2-1-3-9-18/h4-5,7,10-11H,1-3,6,8-9,12H2,(H,21,22). The number of pyridine rings is 1. The van der Waals surface area contributed by atoms with Crippen LogP contribution in [0, 0.1) is 0 Å². The van der Waals surface area contributed by atoms with Gasteiger partial charge in [0.2, 0.25) is 0 Å². The van der Waals surface area contributed by atoms with Crippen LogP contribution in [0.2, 0.25) is 0 Å². The Hall–Kier alpha value is -2.30. The fourth-order valence-corrected chi connectivity index (χ4v) is 3.90. The monoisotopic (exact) mass is 312 g/mol. The summed E-state index contributed by atoms with van der Waals surface area (Å²) in [5, 5.41) is 9.41. The molecule has 1 aliphatic carbocycles. The Morgan fingerprint density at radius 3 is 2.91 bits per heavy atom. The maximum atomic E-state index is 11.5. The van der Waals surface area contributed by atoms with Crippen LogP contribution in [0.25, 0.3) is 5.70 Å². The van der Waals surface area contributed by atoms with Crippen LogP contribution in [0.15, 0.2) is 36.2 Å². The van der Waals surface area contributed by atoms with Crippen LogP contribution < -0.4 is 4.74 Å². The molecule has 1 aromatic rings. The van der Waals surface area contributed by atoms with Gasteiger partial charge in [-0.2, -0.15) is 0 Å². The van der Waals surface area contributed by atoms with Crippen LogP contribution >= 0.6 is 0 Å². The van der Waals surface area contributed by atoms with Crippen molar-refractivity contribution in [2.45, 2.75) is 44.1 Å². The van der Waals surface area contributed by atoms with Crippen molar-refractivity contribution < 1.29 is 14.6 Å². The van der Waals surface area contributed by atoms with E-state index >= 15 is 0 Å². The van der Waals surface area contributed by atoms with Crippen LogP contribution in [-0.4, -0.2) is 33.1 Å². The second kappa shape index (κ2) is 5.41. The number of ether oxygens (including phenoxy) is 1. The number of carbonyl (C=O) groups is 1. The van der Waals surface area contributed by atoms with Gasteiger partial charge in [-0.15, -0.1) is 0 Å². The molecule has 3 aliphatic rings. The fraction of sp³-hybridized carbons (Fsp3) is 0.444. The fourth-order valence-electron chi connectivity index (χ4n) is 3.90. The molecule has 5 nitrogen and oxygen atoms in total. The molecule has 5 heteroatoms. The minimum atomic E-state index is -0.849. The predicted molar refractivity (Wildman–Crippen MR) is 85.7 cm³/mol. The lowest BCUT2D eigenvalue weighted by molar-refractivity contribution is -0.132. The number of aromatic nitrogens is 1. The van der Waals surface area contributed by atoms with E-state index in [-0.39, 0.29) is 5.54 Å². The summed E-state index contributed by atoms with van der Waals surface area (Å²) < 4.78 is 6.11. The van der Waals surface area contributed by atoms with E-state index < -0.39 is 5.97 Å². The van der Waals surface area contributed by atoms with Crippen LogP contribution in [0.5, 0.6) is 5.75 Å². The predicted octanol–water partition coefficient (Wildman–Crippen LogP) is 3.19. The van der Waals surface area contributed by atoms with Crippen molar-refractivity contribution in [1.82, 2.24) is 9.88 Å². The average Bonchev–Trinajstić information content (AvgIpc) is 2.72. The molecule has 1 N–H and O–H groups in total. The number of aliphatic carboxylic acids is 1. The van der Waals surface area contributed by atoms with Gasteiger partial charge >= 0.3 is 5.97 Å². The second-order valence-electron chi connectivity index (χ2n) is 6.55. The van der Waals surface area contributed by atoms with Gasteiger partial charge in [0.1, 0.15) is 18.1 Å². The zero-order valence-corrected chi connectivity index (χ0v) is 13.0. The molecule has 0 bridgehead atoms. The highest BCUT2D eigenvalue weighted by atomic mass is 16.5. The van der Waals surface area contributed by atoms with Gasteiger partial charge in [0, 0.05) is 18.8 Å². The van der Waals surface area contributed by atoms with Gasteiger partial charge in [-0.05, 0) is 25.0 Å². The first kappa shape index (κ1) is 14.3. The van der Waals surface area contributed by atoms with Gasteiger partial charge in [-0.1, -0.05) is 25.3 Å². The zero-order valence-electron chi connectivity index (χ0n) is 13.0. The molecule has 0 amide bonds. The molecule has 1 fully saturated rings. The number of hydrogen-bond donors (Lipinski definition) is 1. The number of fused-ring (bicyclic) bond motifs is 4. The summed E-state index contributed by atoms with van der Waals surface area (Å²) in [5.41, 5.74) is 2.07. The van der Waals surface area contributed by atoms with E-state index in [0.29, 0.717) is 18.6 Å². The first-order valence-corrected chi connectivity index (χ1v) is 8.21. The third kappa shape index (κ3) is 2.31. The summed E-state index contributed by atoms with van der Waals surface area (Å²) in [6.45, 7) is 0.576. The third-order valence-corrected chi connectivity index (χ3v) is 5.14. The van der Waals surface area contributed by atoms with Crippen molar-refractivity contribution in [1.29, 1.82) is 0 Å². The summed E-state index contributed by atoms with van der Waals surface area (Å²) in [4.78, 5) is 18.1. The zero-order chi connectivity index (χ0) is 15.9. The van der Waals surface area contributed by atoms with Crippen molar-refractivity contribution in [3.8, 4) is 5.75 Å². The Bertz CT molecular complexity index is 702. The van der Waals surface area contributed by atoms with Gasteiger partial charge in [0.15, 0.2) is 0 Å². The van der Waals surface area contributed by atoms with Gasteiger partial charge in [0.25, 0.3) is 0 Å². The number of carboxylic acid groups (broad SMARTS) is 1. The first-order valence-electron chi connectivity index (χ1n) is 8.21. The normalized spacial score (nSPS) is 22.2. The first-order chi connectivity index (χ1) is 11.2. The summed E-state index contributed by atoms with van der Waals surface area (Å²) in [6, 6.07) is 3.82. The van der Waals surface area contributed by atoms with Crippen LogP contribution in [0.4, 0.5) is 0 Å². The number of nitrogens with zero attached hydrogens (tertiary/aromatic N) is 2. The van der Waals surface area contributed by atoms with E-state index in [1.54, 1.807) is 6.20 Å². The molecule has 0 aromatic carbocycles. The Labute approximate surface area is 135 Å². The molecule has 0 radical (unpaired) electrons. The molecule has 1 aromatic heterocycles. The van der Waals surface area contributed by atoms with Crippen molar-refractivity contribution in [2.75, 3.05) is 6.61 Å². The Balaban J connectivity index is 1.84. The van der Waals surface area contributed by atoms with Gasteiger partial charge in [-0.3, -0.25) is 4.98 Å². The second-order valence-corrected chi connectivity index (χ2v) is 6.55. The van der Waals surface area contributed by atoms with E-state index in [9.17, 15) is 9.90 Å². The van der Waals surface area contributed by atoms with Crippen LogP contribution in [0.1, 0.15) is 44.2 Å². The molecule has 1 spiro atoms. The molecular weight excluding hydrogens is 292 g/mol. The highest BCUT2D eigenvalue weighted by Crippen LogP contribution is 2.45. The summed E-state index contributed by atoms with van der Waals surface area (Å²) in [7, 11) is 0. The van der Waals surface area contributed by atoms with E-state index in [4.69, 9.17) is 4.74 Å². The molecule has 120 valence electrons. The van der Waals surface area contributed by atoms with Crippen molar-refractivity contribution in [3.63, 3.8) is 0 Å². The summed E-state index contributed by atoms with van der Waals surface area (Å²) in [5.74, 6) is -0.0592. The molecule has 23 heavy (non-hydrogen) atoms. The minimum Gasteiger partial charge on any atom is -0.489 e. The van der Waals surface area contributed by atoms with Crippen molar-refractivity contribution in [3.05, 3.63) is 41.9 Å². The highest BCUT2D eigenvalue weighted by Gasteiger charge is 2.43. The van der Waals surface area contributed by atoms with Gasteiger partial charge in [-0.25, -0.2) is 4.79 Å². The summed E-state index contributed by atoms with van der Waals surface area (Å²) in [6.07, 6.45) is 11.5. The molecule has 4 rings (SSSR count). The lowest BCUT2D eigenvalue weighted by atomic mass is 9.80. The van der Waals surface area contributed by atoms with Crippen LogP contribution in [0.3, 0.4) is 0 Å². The molecular formula is C18H20N2O3. The number of hydrogen-bond acceptors (Lipinski definition) is 4. The van der Waals surface area contributed by atoms with E-state index in [2.05, 4.69) is 9.88 Å². The number of rotatable bonds is 1. The Morgan fingerprint density at radius 2 is 2.13 bits per heavy atom. The quantitative estimate of drug-likeness (QED) is 0.863. The third-order valence-electron chi connectivity index (χ3n) is 5.14. The smallest absolute Gasteiger partial charge is 0.333 e. The van der Waals surface area contributed by atoms with Gasteiger partial charge in [0.05, 0.1) is 16.8 Å². The highest BCUT2D eigenvalue weighted by molar-refractivity contribution is 5.88. The van der Waals surface area contributed by atoms with Gasteiger partial charge < -0.3 is 14.7 Å². The lowest BCUT2D eigenvalue weighted by Crippen LogP contribution is -2.50. The number of allylic oxidation sites excluding steroid dienone is 1. The van der Waals surface area contributed by atoms with E-state index in [1.807, 2.05) is 24.4 Å². The maximum absolute atomic E-state index is 11.5.